The Morgan fingerprint density at radius 2 is 1.88 bits per heavy atom. The molecule has 2 nitrogen and oxygen atoms in total. The van der Waals surface area contributed by atoms with E-state index in [1.165, 1.54) is 32.1 Å². The van der Waals surface area contributed by atoms with Crippen LogP contribution < -0.4 is 0 Å². The van der Waals surface area contributed by atoms with E-state index in [9.17, 15) is 9.90 Å². The molecule has 0 aliphatic heterocycles. The smallest absolute Gasteiger partial charge is 0.335 e. The summed E-state index contributed by atoms with van der Waals surface area (Å²) >= 11 is 0. The fourth-order valence-electron chi connectivity index (χ4n) is 2.98. The summed E-state index contributed by atoms with van der Waals surface area (Å²) in [5, 5.41) is 9.21. The fourth-order valence-corrected chi connectivity index (χ4v) is 2.98. The Hall–Kier alpha value is -1.31. The zero-order valence-corrected chi connectivity index (χ0v) is 10.4. The van der Waals surface area contributed by atoms with E-state index in [2.05, 4.69) is 6.92 Å². The summed E-state index contributed by atoms with van der Waals surface area (Å²) in [6, 6.07) is 7.45. The Kier molecular flexibility index (Phi) is 3.82. The van der Waals surface area contributed by atoms with Gasteiger partial charge in [0.1, 0.15) is 0 Å². The predicted octanol–water partition coefficient (Wildman–Crippen LogP) is 4.07. The first-order valence-corrected chi connectivity index (χ1v) is 6.52. The quantitative estimate of drug-likeness (QED) is 0.853. The van der Waals surface area contributed by atoms with Gasteiger partial charge < -0.3 is 5.11 Å². The Morgan fingerprint density at radius 1 is 1.24 bits per heavy atom. The van der Waals surface area contributed by atoms with Crippen molar-refractivity contribution in [2.45, 2.75) is 44.9 Å². The average molecular weight is 232 g/mol. The molecule has 1 aromatic rings. The van der Waals surface area contributed by atoms with Gasteiger partial charge in [-0.05, 0) is 36.3 Å². The van der Waals surface area contributed by atoms with E-state index in [0.717, 1.165) is 5.56 Å². The number of benzene rings is 1. The van der Waals surface area contributed by atoms with Gasteiger partial charge in [-0.3, -0.25) is 0 Å². The molecule has 2 heteroatoms. The highest BCUT2D eigenvalue weighted by molar-refractivity contribution is 5.89. The van der Waals surface area contributed by atoms with E-state index >= 15 is 0 Å². The predicted molar refractivity (Wildman–Crippen MR) is 68.4 cm³/mol. The van der Waals surface area contributed by atoms with Crippen LogP contribution in [0.3, 0.4) is 0 Å². The number of aromatic carboxylic acids is 1. The molecule has 1 saturated carbocycles. The van der Waals surface area contributed by atoms with Gasteiger partial charge in [-0.15, -0.1) is 0 Å². The molecule has 0 bridgehead atoms. The van der Waals surface area contributed by atoms with Gasteiger partial charge in [0.15, 0.2) is 0 Å². The molecule has 0 radical (unpaired) electrons. The van der Waals surface area contributed by atoms with E-state index < -0.39 is 5.97 Å². The molecule has 0 saturated heterocycles. The number of carboxylic acids is 1. The molecule has 1 unspecified atom stereocenters. The molecule has 0 aromatic heterocycles. The Balaban J connectivity index is 2.23. The zero-order valence-electron chi connectivity index (χ0n) is 10.4. The van der Waals surface area contributed by atoms with E-state index in [-0.39, 0.29) is 0 Å². The van der Waals surface area contributed by atoms with Crippen molar-refractivity contribution in [1.82, 2.24) is 0 Å². The van der Waals surface area contributed by atoms with E-state index in [4.69, 9.17) is 0 Å². The lowest BCUT2D eigenvalue weighted by Crippen LogP contribution is -2.16. The van der Waals surface area contributed by atoms with Crippen molar-refractivity contribution in [2.24, 2.45) is 5.92 Å². The summed E-state index contributed by atoms with van der Waals surface area (Å²) < 4.78 is 0. The minimum absolute atomic E-state index is 0.364. The number of carboxylic acid groups (broad SMARTS) is 1. The minimum atomic E-state index is -0.803. The fraction of sp³-hybridized carbons (Fsp3) is 0.533. The van der Waals surface area contributed by atoms with Crippen molar-refractivity contribution in [2.75, 3.05) is 0 Å². The molecule has 1 N–H and O–H groups in total. The van der Waals surface area contributed by atoms with Crippen LogP contribution in [-0.4, -0.2) is 11.1 Å². The monoisotopic (exact) mass is 232 g/mol. The van der Waals surface area contributed by atoms with Gasteiger partial charge in [0, 0.05) is 0 Å². The van der Waals surface area contributed by atoms with Crippen LogP contribution in [0.1, 0.15) is 60.9 Å². The standard InChI is InChI=1S/C15H20O2/c1-11(12-7-3-2-4-8-12)13-9-5-6-10-14(13)15(16)17/h5-6,9-12H,2-4,7-8H2,1H3,(H,16,17). The normalized spacial score (nSPS) is 18.9. The van der Waals surface area contributed by atoms with Crippen LogP contribution in [0.25, 0.3) is 0 Å². The molecule has 1 aliphatic rings. The third kappa shape index (κ3) is 2.68. The molecule has 1 aliphatic carbocycles. The molecule has 1 atom stereocenters. The first-order valence-electron chi connectivity index (χ1n) is 6.52. The van der Waals surface area contributed by atoms with Crippen LogP contribution in [0.15, 0.2) is 24.3 Å². The number of hydrogen-bond acceptors (Lipinski definition) is 1. The zero-order chi connectivity index (χ0) is 12.3. The third-order valence-electron chi connectivity index (χ3n) is 4.04. The molecule has 17 heavy (non-hydrogen) atoms. The van der Waals surface area contributed by atoms with Gasteiger partial charge >= 0.3 is 5.97 Å². The number of rotatable bonds is 3. The molecule has 1 aromatic carbocycles. The summed E-state index contributed by atoms with van der Waals surface area (Å²) in [4.78, 5) is 11.2. The molecule has 2 rings (SSSR count). The first-order chi connectivity index (χ1) is 8.20. The van der Waals surface area contributed by atoms with Gasteiger partial charge in [0.2, 0.25) is 0 Å². The lowest BCUT2D eigenvalue weighted by molar-refractivity contribution is 0.0694. The van der Waals surface area contributed by atoms with Crippen LogP contribution in [0.2, 0.25) is 0 Å². The second-order valence-electron chi connectivity index (χ2n) is 5.08. The van der Waals surface area contributed by atoms with E-state index in [1.807, 2.05) is 12.1 Å². The maximum atomic E-state index is 11.2. The van der Waals surface area contributed by atoms with E-state index in [0.29, 0.717) is 17.4 Å². The minimum Gasteiger partial charge on any atom is -0.478 e. The summed E-state index contributed by atoms with van der Waals surface area (Å²) in [5.41, 5.74) is 1.48. The van der Waals surface area contributed by atoms with Crippen molar-refractivity contribution in [3.63, 3.8) is 0 Å². The Labute approximate surface area is 103 Å². The number of hydrogen-bond donors (Lipinski definition) is 1. The number of carbonyl (C=O) groups is 1. The summed E-state index contributed by atoms with van der Waals surface area (Å²) in [6.07, 6.45) is 6.42. The molecule has 0 amide bonds. The molecule has 0 heterocycles. The van der Waals surface area contributed by atoms with Crippen molar-refractivity contribution < 1.29 is 9.90 Å². The van der Waals surface area contributed by atoms with Gasteiger partial charge in [0.25, 0.3) is 0 Å². The van der Waals surface area contributed by atoms with Crippen molar-refractivity contribution in [3.8, 4) is 0 Å². The largest absolute Gasteiger partial charge is 0.478 e. The SMILES string of the molecule is CC(c1ccccc1C(=O)O)C1CCCCC1. The van der Waals surface area contributed by atoms with Crippen LogP contribution in [-0.2, 0) is 0 Å². The molecule has 0 spiro atoms. The van der Waals surface area contributed by atoms with E-state index in [1.54, 1.807) is 12.1 Å². The molecular formula is C15H20O2. The molecular weight excluding hydrogens is 212 g/mol. The van der Waals surface area contributed by atoms with Crippen LogP contribution >= 0.6 is 0 Å². The molecule has 1 fully saturated rings. The highest BCUT2D eigenvalue weighted by Crippen LogP contribution is 2.36. The van der Waals surface area contributed by atoms with Crippen molar-refractivity contribution in [3.05, 3.63) is 35.4 Å². The lowest BCUT2D eigenvalue weighted by Gasteiger charge is -2.28. The summed E-state index contributed by atoms with van der Waals surface area (Å²) in [7, 11) is 0. The van der Waals surface area contributed by atoms with Crippen molar-refractivity contribution >= 4 is 5.97 Å². The van der Waals surface area contributed by atoms with Gasteiger partial charge in [-0.2, -0.15) is 0 Å². The van der Waals surface area contributed by atoms with Crippen LogP contribution in [0.5, 0.6) is 0 Å². The highest BCUT2D eigenvalue weighted by Gasteiger charge is 2.24. The lowest BCUT2D eigenvalue weighted by atomic mass is 9.77. The second-order valence-corrected chi connectivity index (χ2v) is 5.08. The van der Waals surface area contributed by atoms with Gasteiger partial charge in [0.05, 0.1) is 5.56 Å². The van der Waals surface area contributed by atoms with Gasteiger partial charge in [-0.1, -0.05) is 44.4 Å². The first kappa shape index (κ1) is 12.2. The summed E-state index contributed by atoms with van der Waals surface area (Å²) in [5.74, 6) is 0.218. The molecule has 92 valence electrons. The van der Waals surface area contributed by atoms with Crippen LogP contribution in [0, 0.1) is 5.92 Å². The Bertz CT molecular complexity index is 392. The third-order valence-corrected chi connectivity index (χ3v) is 4.04. The topological polar surface area (TPSA) is 37.3 Å². The van der Waals surface area contributed by atoms with Crippen molar-refractivity contribution in [1.29, 1.82) is 0 Å². The highest BCUT2D eigenvalue weighted by atomic mass is 16.4. The summed E-state index contributed by atoms with van der Waals surface area (Å²) in [6.45, 7) is 2.18. The second kappa shape index (κ2) is 5.35. The van der Waals surface area contributed by atoms with Crippen LogP contribution in [0.4, 0.5) is 0 Å². The maximum absolute atomic E-state index is 11.2. The maximum Gasteiger partial charge on any atom is 0.335 e. The van der Waals surface area contributed by atoms with Gasteiger partial charge in [-0.25, -0.2) is 4.79 Å². The Morgan fingerprint density at radius 3 is 2.53 bits per heavy atom. The average Bonchev–Trinajstić information content (AvgIpc) is 2.39.